The van der Waals surface area contributed by atoms with E-state index in [2.05, 4.69) is 12.2 Å². The Kier molecular flexibility index (Phi) is 9.92. The molecule has 0 rings (SSSR count). The Morgan fingerprint density at radius 1 is 1.17 bits per heavy atom. The zero-order valence-corrected chi connectivity index (χ0v) is 11.8. The Morgan fingerprint density at radius 3 is 2.39 bits per heavy atom. The van der Waals surface area contributed by atoms with Gasteiger partial charge in [-0.05, 0) is 19.8 Å². The summed E-state index contributed by atoms with van der Waals surface area (Å²) in [5.41, 5.74) is 17.4. The number of nitrogens with two attached hydrogens (primary N) is 3. The third-order valence-corrected chi connectivity index (χ3v) is 3.16. The third-order valence-electron chi connectivity index (χ3n) is 3.16. The number of carbonyl (C=O) groups is 1. The highest BCUT2D eigenvalue weighted by molar-refractivity contribution is 5.75. The first kappa shape index (κ1) is 17.4. The van der Waals surface area contributed by atoms with Crippen LogP contribution in [0.15, 0.2) is 0 Å². The van der Waals surface area contributed by atoms with Gasteiger partial charge in [0.1, 0.15) is 0 Å². The van der Waals surface area contributed by atoms with Crippen molar-refractivity contribution >= 4 is 5.91 Å². The molecule has 0 aliphatic carbocycles. The summed E-state index contributed by atoms with van der Waals surface area (Å²) in [7, 11) is 0. The van der Waals surface area contributed by atoms with Gasteiger partial charge < -0.3 is 22.5 Å². The van der Waals surface area contributed by atoms with Crippen LogP contribution in [0.5, 0.6) is 0 Å². The Labute approximate surface area is 111 Å². The second-order valence-electron chi connectivity index (χ2n) is 5.05. The molecule has 0 bridgehead atoms. The van der Waals surface area contributed by atoms with Crippen molar-refractivity contribution in [3.8, 4) is 0 Å². The van der Waals surface area contributed by atoms with Crippen molar-refractivity contribution in [3.05, 3.63) is 0 Å². The first-order chi connectivity index (χ1) is 8.49. The van der Waals surface area contributed by atoms with Gasteiger partial charge in [0.15, 0.2) is 0 Å². The second-order valence-corrected chi connectivity index (χ2v) is 5.05. The summed E-state index contributed by atoms with van der Waals surface area (Å²) >= 11 is 0. The standard InChI is InChI=1S/C13H30N4O/c1-3-4-5-6-7-12(18)17-9-8-11(15)13(16)10(2)14/h10-11,13H,3-9,14-16H2,1-2H3,(H,17,18). The molecule has 0 aromatic carbocycles. The molecular formula is C13H30N4O. The summed E-state index contributed by atoms with van der Waals surface area (Å²) in [6.07, 6.45) is 5.75. The molecule has 0 saturated carbocycles. The summed E-state index contributed by atoms with van der Waals surface area (Å²) in [6.45, 7) is 4.58. The molecule has 108 valence electrons. The first-order valence-electron chi connectivity index (χ1n) is 7.02. The zero-order chi connectivity index (χ0) is 14.0. The largest absolute Gasteiger partial charge is 0.356 e. The van der Waals surface area contributed by atoms with Crippen molar-refractivity contribution in [3.63, 3.8) is 0 Å². The van der Waals surface area contributed by atoms with Gasteiger partial charge in [-0.2, -0.15) is 0 Å². The van der Waals surface area contributed by atoms with E-state index >= 15 is 0 Å². The number of rotatable bonds is 10. The van der Waals surface area contributed by atoms with E-state index < -0.39 is 0 Å². The van der Waals surface area contributed by atoms with Crippen LogP contribution in [0.25, 0.3) is 0 Å². The molecule has 0 aromatic heterocycles. The van der Waals surface area contributed by atoms with Gasteiger partial charge in [0.25, 0.3) is 0 Å². The fourth-order valence-electron chi connectivity index (χ4n) is 1.76. The smallest absolute Gasteiger partial charge is 0.219 e. The van der Waals surface area contributed by atoms with Crippen LogP contribution in [0.4, 0.5) is 0 Å². The first-order valence-corrected chi connectivity index (χ1v) is 7.02. The lowest BCUT2D eigenvalue weighted by atomic mass is 10.0. The van der Waals surface area contributed by atoms with Gasteiger partial charge >= 0.3 is 0 Å². The average Bonchev–Trinajstić information content (AvgIpc) is 2.33. The summed E-state index contributed by atoms with van der Waals surface area (Å²) in [4.78, 5) is 11.5. The number of nitrogens with one attached hydrogen (secondary N) is 1. The Hall–Kier alpha value is -0.650. The van der Waals surface area contributed by atoms with Gasteiger partial charge in [-0.15, -0.1) is 0 Å². The maximum atomic E-state index is 11.5. The van der Waals surface area contributed by atoms with E-state index in [9.17, 15) is 4.79 Å². The van der Waals surface area contributed by atoms with E-state index in [1.807, 2.05) is 6.92 Å². The maximum Gasteiger partial charge on any atom is 0.219 e. The minimum atomic E-state index is -0.216. The number of amides is 1. The molecule has 0 heterocycles. The lowest BCUT2D eigenvalue weighted by molar-refractivity contribution is -0.121. The number of carbonyl (C=O) groups excluding carboxylic acids is 1. The molecule has 5 heteroatoms. The molecule has 0 saturated heterocycles. The number of hydrogen-bond acceptors (Lipinski definition) is 4. The van der Waals surface area contributed by atoms with Crippen LogP contribution < -0.4 is 22.5 Å². The van der Waals surface area contributed by atoms with Crippen LogP contribution >= 0.6 is 0 Å². The molecule has 3 unspecified atom stereocenters. The Balaban J connectivity index is 3.55. The van der Waals surface area contributed by atoms with Gasteiger partial charge in [0, 0.05) is 31.1 Å². The normalized spacial score (nSPS) is 16.1. The molecule has 18 heavy (non-hydrogen) atoms. The van der Waals surface area contributed by atoms with Gasteiger partial charge in [0.05, 0.1) is 0 Å². The molecule has 0 aliphatic rings. The SMILES string of the molecule is CCCCCCC(=O)NCCC(N)C(N)C(C)N. The van der Waals surface area contributed by atoms with Crippen LogP contribution in [-0.2, 0) is 4.79 Å². The predicted molar refractivity (Wildman–Crippen MR) is 76.0 cm³/mol. The second kappa shape index (κ2) is 10.3. The average molecular weight is 258 g/mol. The van der Waals surface area contributed by atoms with E-state index in [-0.39, 0.29) is 24.0 Å². The van der Waals surface area contributed by atoms with Crippen molar-refractivity contribution in [1.82, 2.24) is 5.32 Å². The molecule has 1 amide bonds. The fourth-order valence-corrected chi connectivity index (χ4v) is 1.76. The summed E-state index contributed by atoms with van der Waals surface area (Å²) in [6, 6.07) is -0.499. The van der Waals surface area contributed by atoms with E-state index in [0.29, 0.717) is 19.4 Å². The van der Waals surface area contributed by atoms with Crippen molar-refractivity contribution in [2.75, 3.05) is 6.54 Å². The van der Waals surface area contributed by atoms with E-state index in [1.165, 1.54) is 12.8 Å². The molecule has 0 aliphatic heterocycles. The molecule has 0 spiro atoms. The maximum absolute atomic E-state index is 11.5. The van der Waals surface area contributed by atoms with Crippen LogP contribution in [0.1, 0.15) is 52.4 Å². The van der Waals surface area contributed by atoms with Crippen molar-refractivity contribution in [1.29, 1.82) is 0 Å². The highest BCUT2D eigenvalue weighted by Crippen LogP contribution is 2.02. The number of unbranched alkanes of at least 4 members (excludes halogenated alkanes) is 3. The van der Waals surface area contributed by atoms with Crippen LogP contribution in [0.3, 0.4) is 0 Å². The molecule has 0 radical (unpaired) electrons. The molecule has 0 fully saturated rings. The minimum absolute atomic E-state index is 0.104. The van der Waals surface area contributed by atoms with Crippen molar-refractivity contribution in [2.24, 2.45) is 17.2 Å². The Morgan fingerprint density at radius 2 is 1.83 bits per heavy atom. The fraction of sp³-hybridized carbons (Fsp3) is 0.923. The van der Waals surface area contributed by atoms with Crippen LogP contribution in [0, 0.1) is 0 Å². The van der Waals surface area contributed by atoms with Gasteiger partial charge in [0.2, 0.25) is 5.91 Å². The molecule has 0 aromatic rings. The van der Waals surface area contributed by atoms with Crippen molar-refractivity contribution < 1.29 is 4.79 Å². The summed E-state index contributed by atoms with van der Waals surface area (Å²) < 4.78 is 0. The highest BCUT2D eigenvalue weighted by atomic mass is 16.1. The van der Waals surface area contributed by atoms with Crippen LogP contribution in [-0.4, -0.2) is 30.6 Å². The van der Waals surface area contributed by atoms with E-state index in [1.54, 1.807) is 0 Å². The predicted octanol–water partition coefficient (Wildman–Crippen LogP) is 0.465. The topological polar surface area (TPSA) is 107 Å². The van der Waals surface area contributed by atoms with E-state index in [0.717, 1.165) is 12.8 Å². The minimum Gasteiger partial charge on any atom is -0.356 e. The van der Waals surface area contributed by atoms with Crippen molar-refractivity contribution in [2.45, 2.75) is 70.5 Å². The van der Waals surface area contributed by atoms with Gasteiger partial charge in [-0.25, -0.2) is 0 Å². The third kappa shape index (κ3) is 8.44. The van der Waals surface area contributed by atoms with E-state index in [4.69, 9.17) is 17.2 Å². The molecule has 7 N–H and O–H groups in total. The molecule has 5 nitrogen and oxygen atoms in total. The monoisotopic (exact) mass is 258 g/mol. The lowest BCUT2D eigenvalue weighted by Crippen LogP contribution is -2.52. The Bertz CT molecular complexity index is 221. The summed E-state index contributed by atoms with van der Waals surface area (Å²) in [5.74, 6) is 0.104. The quantitative estimate of drug-likeness (QED) is 0.427. The van der Waals surface area contributed by atoms with Crippen LogP contribution in [0.2, 0.25) is 0 Å². The van der Waals surface area contributed by atoms with Gasteiger partial charge in [-0.1, -0.05) is 26.2 Å². The zero-order valence-electron chi connectivity index (χ0n) is 11.8. The summed E-state index contributed by atoms with van der Waals surface area (Å²) in [5, 5.41) is 2.87. The highest BCUT2D eigenvalue weighted by Gasteiger charge is 2.16. The van der Waals surface area contributed by atoms with Gasteiger partial charge in [-0.3, -0.25) is 4.79 Å². The molecule has 3 atom stereocenters. The lowest BCUT2D eigenvalue weighted by Gasteiger charge is -2.23. The number of hydrogen-bond donors (Lipinski definition) is 4. The molecular weight excluding hydrogens is 228 g/mol.